The summed E-state index contributed by atoms with van der Waals surface area (Å²) in [7, 11) is 0. The van der Waals surface area contributed by atoms with Crippen molar-refractivity contribution in [1.29, 1.82) is 0 Å². The van der Waals surface area contributed by atoms with E-state index >= 15 is 0 Å². The molecule has 0 spiro atoms. The van der Waals surface area contributed by atoms with Crippen LogP contribution in [0.2, 0.25) is 0 Å². The minimum atomic E-state index is -1.05. The number of nitrogens with one attached hydrogen (secondary N) is 3. The Labute approximate surface area is 766 Å². The van der Waals surface area contributed by atoms with Crippen LogP contribution in [-0.4, -0.2) is 249 Å². The van der Waals surface area contributed by atoms with Crippen LogP contribution in [0.4, 0.5) is 0 Å². The molecule has 4 aromatic heterocycles. The fourth-order valence-corrected chi connectivity index (χ4v) is 17.4. The number of aryl methyl sites for hydroxylation is 4. The minimum Gasteiger partial charge on any atom is -0.549 e. The Morgan fingerprint density at radius 2 is 0.766 bits per heavy atom. The molecule has 4 aliphatic rings. The van der Waals surface area contributed by atoms with Crippen LogP contribution in [0.1, 0.15) is 110 Å². The molecule has 10 aromatic rings. The number of aliphatic carboxylic acids is 1. The Kier molecular flexibility index (Phi) is 40.7. The van der Waals surface area contributed by atoms with E-state index in [2.05, 4.69) is 148 Å². The zero-order valence-corrected chi connectivity index (χ0v) is 74.3. The molecule has 26 heteroatoms. The van der Waals surface area contributed by atoms with Gasteiger partial charge in [-0.2, -0.15) is 0 Å². The van der Waals surface area contributed by atoms with Gasteiger partial charge in [-0.05, 0) is 203 Å². The Balaban J connectivity index is 0.000000206. The van der Waals surface area contributed by atoms with Crippen molar-refractivity contribution in [2.45, 2.75) is 152 Å². The molecule has 4 saturated heterocycles. The van der Waals surface area contributed by atoms with Gasteiger partial charge in [-0.3, -0.25) is 63.5 Å². The van der Waals surface area contributed by atoms with E-state index in [0.717, 1.165) is 123 Å². The molecule has 0 saturated carbocycles. The number of hydrogen-bond donors (Lipinski definition) is 6. The second kappa shape index (κ2) is 53.2. The molecule has 4 atom stereocenters. The first-order valence-electron chi connectivity index (χ1n) is 45.6. The maximum absolute atomic E-state index is 14.1. The number of pyridine rings is 4. The Hall–Kier alpha value is -10.8. The smallest absolute Gasteiger partial charge is 0.549 e. The summed E-state index contributed by atoms with van der Waals surface area (Å²) in [5.74, 6) is -0.0423. The quantitative estimate of drug-likeness (QED) is 0.0221. The van der Waals surface area contributed by atoms with Gasteiger partial charge in [-0.15, -0.1) is 0 Å². The van der Waals surface area contributed by atoms with Crippen LogP contribution in [0.5, 0.6) is 11.5 Å². The summed E-state index contributed by atoms with van der Waals surface area (Å²) >= 11 is 0. The molecule has 0 bridgehead atoms. The number of piperidine rings is 2. The number of carbonyl (C=O) groups excluding carboxylic acids is 6. The molecule has 8 heterocycles. The van der Waals surface area contributed by atoms with Crippen LogP contribution in [0, 0.1) is 11.8 Å². The van der Waals surface area contributed by atoms with Crippen molar-refractivity contribution >= 4 is 57.3 Å². The van der Waals surface area contributed by atoms with E-state index in [4.69, 9.17) is 15.2 Å². The van der Waals surface area contributed by atoms with Gasteiger partial charge in [0.05, 0.1) is 29.6 Å². The van der Waals surface area contributed by atoms with Crippen LogP contribution >= 0.6 is 0 Å². The third kappa shape index (κ3) is 33.0. The van der Waals surface area contributed by atoms with Crippen molar-refractivity contribution in [2.75, 3.05) is 118 Å². The maximum Gasteiger partial charge on any atom is 1.00 e. The monoisotopic (exact) mass is 1730 g/mol. The Bertz CT molecular complexity index is 4840. The molecule has 0 aliphatic carbocycles. The molecular formula is C102H127LiN14O11. The number of carbonyl (C=O) groups is 6. The zero-order valence-electron chi connectivity index (χ0n) is 74.3. The van der Waals surface area contributed by atoms with E-state index in [9.17, 15) is 44.1 Å². The number of ether oxygens (including phenoxy) is 2. The SMILES string of the molecule is N[C@@H](Cc1cccnc1)C(=O)N1CCC(C(=O)NC(CCCc2ccccc2)CCCc2ccccc2)CC1.O=C(CN1CCN(C[C@@H](O)COc2cccc3ncccc23)CC1)N[C@@H](Cc1cccnc1)C(=O)N1CCC(C(=O)NC(CCCc2ccccc2)CCCc2ccccc2)CC1.O=C([O-])CN1CCN(C[C@@H](O)COc2cccc3ncccc23)CC1.[Li+]. The molecule has 672 valence electrons. The largest absolute Gasteiger partial charge is 1.00 e. The van der Waals surface area contributed by atoms with E-state index in [-0.39, 0.29) is 98.6 Å². The van der Waals surface area contributed by atoms with Crippen molar-refractivity contribution in [3.8, 4) is 11.5 Å². The van der Waals surface area contributed by atoms with E-state index in [0.29, 0.717) is 129 Å². The molecule has 14 rings (SSSR count). The van der Waals surface area contributed by atoms with Gasteiger partial charge in [0.25, 0.3) is 0 Å². The Morgan fingerprint density at radius 3 is 1.15 bits per heavy atom. The van der Waals surface area contributed by atoms with E-state index in [1.165, 1.54) is 22.3 Å². The number of benzene rings is 6. The van der Waals surface area contributed by atoms with Gasteiger partial charge < -0.3 is 61.1 Å². The molecule has 128 heavy (non-hydrogen) atoms. The third-order valence-electron chi connectivity index (χ3n) is 24.4. The first-order valence-corrected chi connectivity index (χ1v) is 45.6. The summed E-state index contributed by atoms with van der Waals surface area (Å²) in [5, 5.41) is 43.4. The molecule has 7 N–H and O–H groups in total. The molecule has 5 amide bonds. The summed E-state index contributed by atoms with van der Waals surface area (Å²) in [4.78, 5) is 107. The second-order valence-electron chi connectivity index (χ2n) is 34.1. The van der Waals surface area contributed by atoms with Crippen LogP contribution in [0.25, 0.3) is 21.8 Å². The van der Waals surface area contributed by atoms with Gasteiger partial charge in [0.1, 0.15) is 43.0 Å². The van der Waals surface area contributed by atoms with Crippen molar-refractivity contribution in [1.82, 2.24) is 65.3 Å². The van der Waals surface area contributed by atoms with Crippen molar-refractivity contribution < 1.29 is 72.4 Å². The molecule has 6 aromatic carbocycles. The van der Waals surface area contributed by atoms with E-state index in [1.807, 2.05) is 124 Å². The van der Waals surface area contributed by atoms with Crippen molar-refractivity contribution in [2.24, 2.45) is 17.6 Å². The summed E-state index contributed by atoms with van der Waals surface area (Å²) < 4.78 is 11.8. The molecule has 4 fully saturated rings. The van der Waals surface area contributed by atoms with E-state index in [1.54, 1.807) is 37.2 Å². The fourth-order valence-electron chi connectivity index (χ4n) is 17.4. The number of nitrogens with zero attached hydrogens (tertiary/aromatic N) is 10. The van der Waals surface area contributed by atoms with Crippen LogP contribution in [0.3, 0.4) is 0 Å². The molecule has 25 nitrogen and oxygen atoms in total. The topological polar surface area (TPSA) is 318 Å². The minimum absolute atomic E-state index is 0. The average Bonchev–Trinajstić information content (AvgIpc) is 0.836. The number of likely N-dealkylation sites (tertiary alicyclic amines) is 2. The second-order valence-corrected chi connectivity index (χ2v) is 34.1. The predicted octanol–water partition coefficient (Wildman–Crippen LogP) is 6.55. The molecular weight excluding hydrogens is 1600 g/mol. The molecule has 0 radical (unpaired) electrons. The number of aliphatic hydroxyl groups is 2. The van der Waals surface area contributed by atoms with Gasteiger partial charge in [-0.25, -0.2) is 0 Å². The first-order chi connectivity index (χ1) is 62.1. The number of hydrogen-bond acceptors (Lipinski definition) is 20. The molecule has 4 aliphatic heterocycles. The van der Waals surface area contributed by atoms with Gasteiger partial charge in [-0.1, -0.05) is 146 Å². The number of fused-ring (bicyclic) bond motifs is 2. The van der Waals surface area contributed by atoms with Gasteiger partial charge in [0.15, 0.2) is 0 Å². The van der Waals surface area contributed by atoms with Crippen molar-refractivity contribution in [3.05, 3.63) is 277 Å². The standard InChI is InChI=1S/C51H63N7O5.C33H42N4O2.C18H23N3O4.Li/c59-44(38-63-48-23-9-22-46-45(48)21-11-27-53-46)36-56-30-32-57(33-31-56)37-49(60)55-47(34-41-18-10-26-52-35-41)51(62)58-28-24-42(25-29-58)50(61)54-43(19-7-16-39-12-3-1-4-13-39)20-8-17-40-14-5-2-6-15-40;34-31(24-28-16-9-21-35-25-28)33(39)37-22-19-29(20-23-37)32(38)36-30(17-7-14-26-10-3-1-4-11-26)18-8-15-27-12-5-2-6-13-27;22-14(11-20-7-9-21(10-8-20)12-18(23)24)13-25-17-5-1-4-16-15(17)3-2-6-19-16;/h1-6,9-15,18,21-23,26-27,35,42-44,47,59H,7-8,16-17,19-20,24-25,28-34,36-38H2,(H,54,61)(H,55,60);1-6,9-13,16,21,25,29-31H,7-8,14-15,17-20,22-24,34H2,(H,36,38);1-6,14,22H,7-13H2,(H,23,24);/q;;;+1/p-1/t44-,47+;31-;14-;/m101./s1. The van der Waals surface area contributed by atoms with Crippen LogP contribution in [-0.2, 0) is 67.3 Å². The normalized spacial score (nSPS) is 15.9. The van der Waals surface area contributed by atoms with Gasteiger partial charge in [0.2, 0.25) is 29.5 Å². The third-order valence-corrected chi connectivity index (χ3v) is 24.4. The number of carboxylic acids is 1. The van der Waals surface area contributed by atoms with Gasteiger partial charge >= 0.3 is 18.9 Å². The number of β-amino-alcohol motifs (C(OH)–C–C–N with tert-alkyl or cyclic N) is 2. The maximum atomic E-state index is 14.1. The predicted molar refractivity (Wildman–Crippen MR) is 493 cm³/mol. The first kappa shape index (κ1) is 97.8. The summed E-state index contributed by atoms with van der Waals surface area (Å²) in [6, 6.07) is 67.6. The summed E-state index contributed by atoms with van der Waals surface area (Å²) in [6.07, 6.45) is 24.3. The number of nitrogens with two attached hydrogens (primary N) is 1. The molecule has 0 unspecified atom stereocenters. The van der Waals surface area contributed by atoms with Crippen molar-refractivity contribution in [3.63, 3.8) is 0 Å². The summed E-state index contributed by atoms with van der Waals surface area (Å²) in [5.41, 5.74) is 15.0. The number of aliphatic hydroxyl groups excluding tert-OH is 2. The number of aromatic nitrogens is 4. The number of rotatable bonds is 41. The van der Waals surface area contributed by atoms with Crippen LogP contribution in [0.15, 0.2) is 243 Å². The average molecular weight is 1730 g/mol. The van der Waals surface area contributed by atoms with Gasteiger partial charge in [0, 0.05) is 176 Å². The number of carboxylic acid groups (broad SMARTS) is 1. The van der Waals surface area contributed by atoms with Crippen LogP contribution < -0.4 is 55.1 Å². The fraction of sp³-hybridized carbons (Fsp3) is 0.431. The summed E-state index contributed by atoms with van der Waals surface area (Å²) in [6.45, 7) is 9.04. The Morgan fingerprint density at radius 1 is 0.406 bits per heavy atom. The van der Waals surface area contributed by atoms with E-state index < -0.39 is 30.3 Å². The zero-order chi connectivity index (χ0) is 88.6. The number of amides is 5. The number of piperazine rings is 2.